The van der Waals surface area contributed by atoms with Crippen LogP contribution in [-0.4, -0.2) is 36.4 Å². The molecule has 0 unspecified atom stereocenters. The van der Waals surface area contributed by atoms with E-state index in [2.05, 4.69) is 4.90 Å². The van der Waals surface area contributed by atoms with Gasteiger partial charge in [0.15, 0.2) is 0 Å². The zero-order chi connectivity index (χ0) is 19.8. The van der Waals surface area contributed by atoms with Gasteiger partial charge in [0, 0.05) is 18.1 Å². The fourth-order valence-corrected chi connectivity index (χ4v) is 3.00. The molecule has 5 nitrogen and oxygen atoms in total. The summed E-state index contributed by atoms with van der Waals surface area (Å²) in [5.41, 5.74) is 1.11. The Morgan fingerprint density at radius 1 is 1.00 bits per heavy atom. The van der Waals surface area contributed by atoms with Crippen LogP contribution < -0.4 is 9.47 Å². The number of aliphatic hydroxyl groups excluding tert-OH is 1. The summed E-state index contributed by atoms with van der Waals surface area (Å²) in [6, 6.07) is 18.8. The van der Waals surface area contributed by atoms with E-state index in [1.807, 2.05) is 60.7 Å². The molecule has 0 aliphatic carbocycles. The summed E-state index contributed by atoms with van der Waals surface area (Å²) in [6.07, 6.45) is 1.00. The predicted molar refractivity (Wildman–Crippen MR) is 109 cm³/mol. The average Bonchev–Trinajstić information content (AvgIpc) is 3.21. The second-order valence-electron chi connectivity index (χ2n) is 6.52. The van der Waals surface area contributed by atoms with Crippen LogP contribution in [0.3, 0.4) is 0 Å². The van der Waals surface area contributed by atoms with E-state index in [1.165, 1.54) is 0 Å². The van der Waals surface area contributed by atoms with Gasteiger partial charge in [-0.2, -0.15) is 0 Å². The number of benzene rings is 2. The van der Waals surface area contributed by atoms with Crippen LogP contribution in [0.25, 0.3) is 0 Å². The third kappa shape index (κ3) is 6.30. The van der Waals surface area contributed by atoms with Gasteiger partial charge in [0.2, 0.25) is 0 Å². The van der Waals surface area contributed by atoms with Crippen molar-refractivity contribution in [3.05, 3.63) is 83.3 Å². The van der Waals surface area contributed by atoms with Crippen LogP contribution in [0.4, 0.5) is 0 Å². The molecule has 0 aliphatic rings. The maximum absolute atomic E-state index is 10.5. The van der Waals surface area contributed by atoms with Crippen LogP contribution in [0.1, 0.15) is 11.3 Å². The Labute approximate surface area is 170 Å². The minimum Gasteiger partial charge on any atom is -0.497 e. The van der Waals surface area contributed by atoms with E-state index < -0.39 is 6.10 Å². The third-order valence-corrected chi connectivity index (χ3v) is 4.50. The van der Waals surface area contributed by atoms with Crippen molar-refractivity contribution in [1.82, 2.24) is 4.90 Å². The normalized spacial score (nSPS) is 12.1. The number of halogens is 1. The summed E-state index contributed by atoms with van der Waals surface area (Å²) < 4.78 is 16.3. The van der Waals surface area contributed by atoms with Crippen LogP contribution in [-0.2, 0) is 13.1 Å². The van der Waals surface area contributed by atoms with Crippen molar-refractivity contribution in [2.75, 3.05) is 20.3 Å². The van der Waals surface area contributed by atoms with Gasteiger partial charge in [0.1, 0.15) is 30.0 Å². The van der Waals surface area contributed by atoms with Gasteiger partial charge >= 0.3 is 0 Å². The molecule has 0 aliphatic heterocycles. The molecule has 3 rings (SSSR count). The molecule has 0 amide bonds. The molecular formula is C22H24ClNO4. The number of rotatable bonds is 10. The quantitative estimate of drug-likeness (QED) is 0.546. The molecule has 28 heavy (non-hydrogen) atoms. The second kappa shape index (κ2) is 10.2. The molecule has 0 saturated carbocycles. The molecule has 1 N–H and O–H groups in total. The largest absolute Gasteiger partial charge is 0.497 e. The van der Waals surface area contributed by atoms with Gasteiger partial charge in [-0.05, 0) is 54.1 Å². The van der Waals surface area contributed by atoms with E-state index >= 15 is 0 Å². The lowest BCUT2D eigenvalue weighted by Crippen LogP contribution is -2.35. The predicted octanol–water partition coefficient (Wildman–Crippen LogP) is 4.38. The van der Waals surface area contributed by atoms with Crippen molar-refractivity contribution in [3.63, 3.8) is 0 Å². The zero-order valence-corrected chi connectivity index (χ0v) is 16.5. The Bertz CT molecular complexity index is 819. The SMILES string of the molecule is COc1ccc(OC[C@H](O)CN(Cc2ccc(Cl)cc2)Cc2ccco2)cc1. The van der Waals surface area contributed by atoms with Crippen LogP contribution >= 0.6 is 11.6 Å². The van der Waals surface area contributed by atoms with Gasteiger partial charge in [-0.1, -0.05) is 23.7 Å². The first kappa shape index (κ1) is 20.3. The van der Waals surface area contributed by atoms with Crippen LogP contribution in [0.5, 0.6) is 11.5 Å². The number of methoxy groups -OCH3 is 1. The summed E-state index contributed by atoms with van der Waals surface area (Å²) in [6.45, 7) is 1.90. The molecule has 2 aromatic carbocycles. The molecule has 1 atom stereocenters. The standard InChI is InChI=1S/C22H24ClNO4/c1-26-20-8-10-21(11-9-20)28-16-19(25)14-24(15-22-3-2-12-27-22)13-17-4-6-18(23)7-5-17/h2-12,19,25H,13-16H2,1H3/t19-/m1/s1. The van der Waals surface area contributed by atoms with E-state index in [-0.39, 0.29) is 6.61 Å². The summed E-state index contributed by atoms with van der Waals surface area (Å²) in [7, 11) is 1.62. The van der Waals surface area contributed by atoms with Crippen molar-refractivity contribution in [1.29, 1.82) is 0 Å². The molecule has 0 fully saturated rings. The maximum Gasteiger partial charge on any atom is 0.119 e. The van der Waals surface area contributed by atoms with Gasteiger partial charge in [0.25, 0.3) is 0 Å². The van der Waals surface area contributed by atoms with Crippen LogP contribution in [0.2, 0.25) is 5.02 Å². The monoisotopic (exact) mass is 401 g/mol. The van der Waals surface area contributed by atoms with Crippen LogP contribution in [0.15, 0.2) is 71.3 Å². The fraction of sp³-hybridized carbons (Fsp3) is 0.273. The molecule has 0 spiro atoms. The number of nitrogens with zero attached hydrogens (tertiary/aromatic N) is 1. The molecule has 3 aromatic rings. The Morgan fingerprint density at radius 2 is 1.71 bits per heavy atom. The first-order valence-corrected chi connectivity index (χ1v) is 9.44. The Kier molecular flexibility index (Phi) is 7.37. The summed E-state index contributed by atoms with van der Waals surface area (Å²) in [5, 5.41) is 11.2. The second-order valence-corrected chi connectivity index (χ2v) is 6.95. The minimum atomic E-state index is -0.649. The molecule has 6 heteroatoms. The highest BCUT2D eigenvalue weighted by atomic mass is 35.5. The average molecular weight is 402 g/mol. The Hall–Kier alpha value is -2.47. The number of hydrogen-bond acceptors (Lipinski definition) is 5. The highest BCUT2D eigenvalue weighted by Gasteiger charge is 2.15. The molecule has 148 valence electrons. The van der Waals surface area contributed by atoms with Crippen molar-refractivity contribution < 1.29 is 19.0 Å². The molecule has 0 bridgehead atoms. The summed E-state index contributed by atoms with van der Waals surface area (Å²) in [4.78, 5) is 2.12. The van der Waals surface area contributed by atoms with E-state index in [9.17, 15) is 5.11 Å². The van der Waals surface area contributed by atoms with Crippen molar-refractivity contribution >= 4 is 11.6 Å². The number of furan rings is 1. The van der Waals surface area contributed by atoms with Gasteiger partial charge in [-0.25, -0.2) is 0 Å². The van der Waals surface area contributed by atoms with Gasteiger partial charge in [-0.15, -0.1) is 0 Å². The maximum atomic E-state index is 10.5. The van der Waals surface area contributed by atoms with Gasteiger partial charge < -0.3 is 19.0 Å². The Morgan fingerprint density at radius 3 is 2.36 bits per heavy atom. The van der Waals surface area contributed by atoms with E-state index in [0.717, 1.165) is 17.1 Å². The van der Waals surface area contributed by atoms with Crippen molar-refractivity contribution in [2.24, 2.45) is 0 Å². The first-order chi connectivity index (χ1) is 13.6. The third-order valence-electron chi connectivity index (χ3n) is 4.25. The van der Waals surface area contributed by atoms with Crippen molar-refractivity contribution in [2.45, 2.75) is 19.2 Å². The molecule has 0 radical (unpaired) electrons. The molecule has 1 heterocycles. The van der Waals surface area contributed by atoms with Gasteiger partial charge in [-0.3, -0.25) is 4.90 Å². The fourth-order valence-electron chi connectivity index (χ4n) is 2.87. The zero-order valence-electron chi connectivity index (χ0n) is 15.8. The minimum absolute atomic E-state index is 0.196. The number of aliphatic hydroxyl groups is 1. The van der Waals surface area contributed by atoms with E-state index in [1.54, 1.807) is 13.4 Å². The first-order valence-electron chi connectivity index (χ1n) is 9.06. The van der Waals surface area contributed by atoms with Crippen molar-refractivity contribution in [3.8, 4) is 11.5 Å². The molecule has 0 saturated heterocycles. The lowest BCUT2D eigenvalue weighted by atomic mass is 10.2. The smallest absolute Gasteiger partial charge is 0.119 e. The topological polar surface area (TPSA) is 55.1 Å². The highest BCUT2D eigenvalue weighted by Crippen LogP contribution is 2.18. The summed E-state index contributed by atoms with van der Waals surface area (Å²) in [5.74, 6) is 2.30. The van der Waals surface area contributed by atoms with E-state index in [0.29, 0.717) is 30.4 Å². The number of hydrogen-bond donors (Lipinski definition) is 1. The molecule has 1 aromatic heterocycles. The highest BCUT2D eigenvalue weighted by molar-refractivity contribution is 6.30. The lowest BCUT2D eigenvalue weighted by Gasteiger charge is -2.24. The van der Waals surface area contributed by atoms with E-state index in [4.69, 9.17) is 25.5 Å². The lowest BCUT2D eigenvalue weighted by molar-refractivity contribution is 0.0604. The summed E-state index contributed by atoms with van der Waals surface area (Å²) >= 11 is 5.97. The number of ether oxygens (including phenoxy) is 2. The molecular weight excluding hydrogens is 378 g/mol. The van der Waals surface area contributed by atoms with Gasteiger partial charge in [0.05, 0.1) is 19.9 Å². The Balaban J connectivity index is 1.57. The van der Waals surface area contributed by atoms with Crippen LogP contribution in [0, 0.1) is 0 Å².